The number of likely N-dealkylation sites (tertiary alicyclic amines) is 1. The summed E-state index contributed by atoms with van der Waals surface area (Å²) in [7, 11) is 1.65. The Morgan fingerprint density at radius 2 is 2.11 bits per heavy atom. The maximum Gasteiger partial charge on any atom is 0.262 e. The molecule has 0 bridgehead atoms. The molecule has 0 saturated carbocycles. The summed E-state index contributed by atoms with van der Waals surface area (Å²) in [6, 6.07) is 14.5. The number of methoxy groups -OCH3 is 1. The number of hydrogen-bond acceptors (Lipinski definition) is 7. The van der Waals surface area contributed by atoms with Gasteiger partial charge in [0.25, 0.3) is 5.91 Å². The number of piperidine rings is 1. The van der Waals surface area contributed by atoms with Crippen molar-refractivity contribution < 1.29 is 14.3 Å². The fourth-order valence-corrected chi connectivity index (χ4v) is 4.85. The normalized spacial score (nSPS) is 16.3. The van der Waals surface area contributed by atoms with Gasteiger partial charge in [0.05, 0.1) is 23.9 Å². The van der Waals surface area contributed by atoms with E-state index in [-0.39, 0.29) is 12.5 Å². The summed E-state index contributed by atoms with van der Waals surface area (Å²) in [5.41, 5.74) is 4.43. The second-order valence-electron chi connectivity index (χ2n) is 9.06. The first-order valence-corrected chi connectivity index (χ1v) is 12.0. The highest BCUT2D eigenvalue weighted by Gasteiger charge is 2.21. The van der Waals surface area contributed by atoms with Crippen LogP contribution >= 0.6 is 0 Å². The highest BCUT2D eigenvalue weighted by molar-refractivity contribution is 5.95. The predicted octanol–water partition coefficient (Wildman–Crippen LogP) is 3.24. The number of aromatic nitrogens is 1. The van der Waals surface area contributed by atoms with Crippen LogP contribution in [0.1, 0.15) is 29.5 Å². The molecular formula is C27H29N5O3. The Morgan fingerprint density at radius 1 is 1.26 bits per heavy atom. The lowest BCUT2D eigenvalue weighted by atomic mass is 9.99. The Morgan fingerprint density at radius 3 is 2.91 bits per heavy atom. The summed E-state index contributed by atoms with van der Waals surface area (Å²) in [5, 5.41) is 17.2. The first-order valence-electron chi connectivity index (χ1n) is 12.0. The van der Waals surface area contributed by atoms with Gasteiger partial charge in [0, 0.05) is 30.7 Å². The maximum absolute atomic E-state index is 11.6. The van der Waals surface area contributed by atoms with Gasteiger partial charge >= 0.3 is 0 Å². The number of hydrogen-bond donors (Lipinski definition) is 2. The van der Waals surface area contributed by atoms with Crippen molar-refractivity contribution in [2.45, 2.75) is 31.8 Å². The minimum absolute atomic E-state index is 0.0760. The standard InChI is InChI=1S/C27H29N5O3/c1-34-21-3-4-24-23(13-21)22(19(14-28)16-30-24)8-11-32-9-6-20(7-10-32)29-15-18-2-5-26-25(12-18)31-27(33)17-35-26/h2-5,12-13,16,20,29H,6-11,15,17H2,1H3,(H,31,33). The first kappa shape index (κ1) is 23.1. The first-order chi connectivity index (χ1) is 17.1. The van der Waals surface area contributed by atoms with Crippen molar-refractivity contribution in [3.05, 3.63) is 59.3 Å². The largest absolute Gasteiger partial charge is 0.497 e. The lowest BCUT2D eigenvalue weighted by Crippen LogP contribution is -2.42. The second-order valence-corrected chi connectivity index (χ2v) is 9.06. The van der Waals surface area contributed by atoms with Crippen LogP contribution in [0.4, 0.5) is 5.69 Å². The van der Waals surface area contributed by atoms with Crippen LogP contribution in [0.25, 0.3) is 10.9 Å². The molecule has 2 aliphatic rings. The molecule has 8 heteroatoms. The number of ether oxygens (including phenoxy) is 2. The summed E-state index contributed by atoms with van der Waals surface area (Å²) in [4.78, 5) is 18.5. The zero-order chi connectivity index (χ0) is 24.2. The minimum atomic E-state index is -0.115. The molecule has 8 nitrogen and oxygen atoms in total. The van der Waals surface area contributed by atoms with Gasteiger partial charge in [-0.3, -0.25) is 9.78 Å². The van der Waals surface area contributed by atoms with Crippen molar-refractivity contribution in [2.24, 2.45) is 0 Å². The molecule has 0 atom stereocenters. The van der Waals surface area contributed by atoms with Crippen molar-refractivity contribution in [3.63, 3.8) is 0 Å². The lowest BCUT2D eigenvalue weighted by molar-refractivity contribution is -0.118. The number of anilines is 1. The molecule has 35 heavy (non-hydrogen) atoms. The fourth-order valence-electron chi connectivity index (χ4n) is 4.85. The summed E-state index contributed by atoms with van der Waals surface area (Å²) >= 11 is 0. The van der Waals surface area contributed by atoms with Crippen LogP contribution in [-0.4, -0.2) is 55.2 Å². The summed E-state index contributed by atoms with van der Waals surface area (Å²) in [6.45, 7) is 3.76. The Balaban J connectivity index is 1.15. The van der Waals surface area contributed by atoms with E-state index in [1.165, 1.54) is 0 Å². The molecule has 0 aliphatic carbocycles. The van der Waals surface area contributed by atoms with Crippen LogP contribution in [0.3, 0.4) is 0 Å². The Labute approximate surface area is 204 Å². The number of benzene rings is 2. The van der Waals surface area contributed by atoms with Gasteiger partial charge < -0.3 is 25.0 Å². The third-order valence-electron chi connectivity index (χ3n) is 6.84. The number of nitrogens with one attached hydrogen (secondary N) is 2. The average molecular weight is 472 g/mol. The Kier molecular flexibility index (Phi) is 6.80. The molecule has 3 aromatic rings. The van der Waals surface area contributed by atoms with E-state index in [1.807, 2.05) is 36.4 Å². The molecule has 0 radical (unpaired) electrons. The number of amides is 1. The van der Waals surface area contributed by atoms with Gasteiger partial charge in [-0.25, -0.2) is 0 Å². The Hall–Kier alpha value is -3.67. The Bertz CT molecular complexity index is 1280. The molecule has 2 aliphatic heterocycles. The van der Waals surface area contributed by atoms with Crippen LogP contribution in [-0.2, 0) is 17.8 Å². The molecule has 1 aromatic heterocycles. The molecule has 2 N–H and O–H groups in total. The van der Waals surface area contributed by atoms with Crippen molar-refractivity contribution in [1.82, 2.24) is 15.2 Å². The number of carbonyl (C=O) groups excluding carboxylic acids is 1. The zero-order valence-electron chi connectivity index (χ0n) is 19.8. The molecule has 180 valence electrons. The van der Waals surface area contributed by atoms with Gasteiger partial charge in [0.1, 0.15) is 17.6 Å². The van der Waals surface area contributed by atoms with Gasteiger partial charge in [-0.05, 0) is 73.8 Å². The summed E-state index contributed by atoms with van der Waals surface area (Å²) in [5.74, 6) is 1.38. The van der Waals surface area contributed by atoms with E-state index in [0.717, 1.165) is 84.7 Å². The monoisotopic (exact) mass is 471 g/mol. The van der Waals surface area contributed by atoms with Gasteiger partial charge in [-0.2, -0.15) is 5.26 Å². The molecule has 1 saturated heterocycles. The zero-order valence-corrected chi connectivity index (χ0v) is 19.8. The van der Waals surface area contributed by atoms with Crippen LogP contribution in [0.5, 0.6) is 11.5 Å². The smallest absolute Gasteiger partial charge is 0.262 e. The molecule has 5 rings (SSSR count). The van der Waals surface area contributed by atoms with Gasteiger partial charge in [-0.15, -0.1) is 0 Å². The van der Waals surface area contributed by atoms with Crippen LogP contribution in [0.2, 0.25) is 0 Å². The number of nitrogens with zero attached hydrogens (tertiary/aromatic N) is 3. The van der Waals surface area contributed by atoms with E-state index < -0.39 is 0 Å². The maximum atomic E-state index is 11.6. The topological polar surface area (TPSA) is 99.5 Å². The average Bonchev–Trinajstić information content (AvgIpc) is 2.90. The molecular weight excluding hydrogens is 442 g/mol. The number of pyridine rings is 1. The van der Waals surface area contributed by atoms with E-state index in [0.29, 0.717) is 11.6 Å². The lowest BCUT2D eigenvalue weighted by Gasteiger charge is -2.32. The second kappa shape index (κ2) is 10.3. The van der Waals surface area contributed by atoms with Gasteiger partial charge in [0.15, 0.2) is 6.61 Å². The quantitative estimate of drug-likeness (QED) is 0.546. The van der Waals surface area contributed by atoms with Crippen LogP contribution < -0.4 is 20.1 Å². The molecule has 1 amide bonds. The number of fused-ring (bicyclic) bond motifs is 2. The minimum Gasteiger partial charge on any atom is -0.497 e. The van der Waals surface area contributed by atoms with Crippen molar-refractivity contribution in [1.29, 1.82) is 5.26 Å². The van der Waals surface area contributed by atoms with Crippen molar-refractivity contribution in [2.75, 3.05) is 38.7 Å². The van der Waals surface area contributed by atoms with E-state index in [1.54, 1.807) is 13.3 Å². The molecule has 2 aromatic carbocycles. The van der Waals surface area contributed by atoms with Gasteiger partial charge in [0.2, 0.25) is 0 Å². The van der Waals surface area contributed by atoms with E-state index >= 15 is 0 Å². The highest BCUT2D eigenvalue weighted by Crippen LogP contribution is 2.29. The van der Waals surface area contributed by atoms with Crippen LogP contribution in [0, 0.1) is 11.3 Å². The summed E-state index contributed by atoms with van der Waals surface area (Å²) in [6.07, 6.45) is 4.62. The fraction of sp³-hybridized carbons (Fsp3) is 0.370. The third-order valence-corrected chi connectivity index (χ3v) is 6.84. The molecule has 0 unspecified atom stereocenters. The van der Waals surface area contributed by atoms with E-state index in [2.05, 4.69) is 26.6 Å². The molecule has 0 spiro atoms. The predicted molar refractivity (Wildman–Crippen MR) is 134 cm³/mol. The van der Waals surface area contributed by atoms with E-state index in [4.69, 9.17) is 9.47 Å². The van der Waals surface area contributed by atoms with Crippen LogP contribution in [0.15, 0.2) is 42.6 Å². The van der Waals surface area contributed by atoms with Crippen molar-refractivity contribution >= 4 is 22.5 Å². The number of rotatable bonds is 7. The van der Waals surface area contributed by atoms with Gasteiger partial charge in [-0.1, -0.05) is 6.07 Å². The number of nitriles is 1. The molecule has 1 fully saturated rings. The SMILES string of the molecule is COc1ccc2ncc(C#N)c(CCN3CCC(NCc4ccc5c(c4)NC(=O)CO5)CC3)c2c1. The highest BCUT2D eigenvalue weighted by atomic mass is 16.5. The number of carbonyl (C=O) groups is 1. The summed E-state index contributed by atoms with van der Waals surface area (Å²) < 4.78 is 10.8. The molecule has 3 heterocycles. The van der Waals surface area contributed by atoms with E-state index in [9.17, 15) is 10.1 Å². The third kappa shape index (κ3) is 5.21. The van der Waals surface area contributed by atoms with Crippen molar-refractivity contribution in [3.8, 4) is 17.6 Å².